The molecule has 2 aromatic rings. The molecule has 1 aliphatic rings. The minimum Gasteiger partial charge on any atom is -0.385 e. The van der Waals surface area contributed by atoms with Crippen molar-refractivity contribution in [2.45, 2.75) is 6.42 Å². The van der Waals surface area contributed by atoms with Gasteiger partial charge in [0.15, 0.2) is 0 Å². The van der Waals surface area contributed by atoms with E-state index in [4.69, 9.17) is 4.74 Å². The summed E-state index contributed by atoms with van der Waals surface area (Å²) in [6, 6.07) is 5.52. The van der Waals surface area contributed by atoms with Gasteiger partial charge in [0.1, 0.15) is 0 Å². The summed E-state index contributed by atoms with van der Waals surface area (Å²) in [5.41, 5.74) is 2.26. The number of ether oxygens (including phenoxy) is 1. The summed E-state index contributed by atoms with van der Waals surface area (Å²) >= 11 is 0.937. The maximum Gasteiger partial charge on any atom is 0.328 e. The number of benzene rings is 1. The van der Waals surface area contributed by atoms with Crippen LogP contribution in [0.15, 0.2) is 27.9 Å². The molecule has 0 bridgehead atoms. The molecule has 0 saturated carbocycles. The first-order valence-corrected chi connectivity index (χ1v) is 8.65. The molecule has 1 fully saturated rings. The number of imide groups is 1. The van der Waals surface area contributed by atoms with Crippen molar-refractivity contribution in [1.29, 1.82) is 0 Å². The second-order valence-electron chi connectivity index (χ2n) is 5.83. The molecule has 0 N–H and O–H groups in total. The van der Waals surface area contributed by atoms with Gasteiger partial charge in [-0.25, -0.2) is 4.79 Å². The van der Waals surface area contributed by atoms with Crippen molar-refractivity contribution >= 4 is 40.0 Å². The van der Waals surface area contributed by atoms with E-state index in [9.17, 15) is 14.4 Å². The van der Waals surface area contributed by atoms with Crippen molar-refractivity contribution in [3.8, 4) is 0 Å². The van der Waals surface area contributed by atoms with Crippen molar-refractivity contribution in [2.75, 3.05) is 20.3 Å². The third kappa shape index (κ3) is 3.14. The number of hydrogen-bond donors (Lipinski definition) is 0. The Hall–Kier alpha value is -2.32. The van der Waals surface area contributed by atoms with Crippen molar-refractivity contribution in [3.63, 3.8) is 0 Å². The number of amides is 2. The highest BCUT2D eigenvalue weighted by Gasteiger charge is 2.34. The van der Waals surface area contributed by atoms with Crippen LogP contribution in [0.3, 0.4) is 0 Å². The van der Waals surface area contributed by atoms with Gasteiger partial charge in [-0.2, -0.15) is 0 Å². The summed E-state index contributed by atoms with van der Waals surface area (Å²) in [7, 11) is 5.01. The smallest absolute Gasteiger partial charge is 0.328 e. The number of aryl methyl sites for hydroxylation is 2. The first-order valence-electron chi connectivity index (χ1n) is 7.84. The number of thioether (sulfide) groups is 1. The van der Waals surface area contributed by atoms with E-state index < -0.39 is 0 Å². The Kier molecular flexibility index (Phi) is 4.82. The van der Waals surface area contributed by atoms with Crippen LogP contribution >= 0.6 is 11.8 Å². The summed E-state index contributed by atoms with van der Waals surface area (Å²) in [5, 5.41) is -0.263. The summed E-state index contributed by atoms with van der Waals surface area (Å²) in [6.07, 6.45) is 2.30. The first kappa shape index (κ1) is 17.5. The molecule has 132 valence electrons. The number of rotatable bonds is 5. The number of carbonyl (C=O) groups excluding carboxylic acids is 2. The predicted molar refractivity (Wildman–Crippen MR) is 97.3 cm³/mol. The fourth-order valence-corrected chi connectivity index (χ4v) is 3.69. The van der Waals surface area contributed by atoms with Crippen LogP contribution in [-0.2, 0) is 23.6 Å². The van der Waals surface area contributed by atoms with E-state index in [1.54, 1.807) is 36.4 Å². The van der Waals surface area contributed by atoms with Crippen molar-refractivity contribution in [1.82, 2.24) is 14.0 Å². The molecule has 8 heteroatoms. The molecule has 2 heterocycles. The molecule has 1 aliphatic heterocycles. The second kappa shape index (κ2) is 6.89. The predicted octanol–water partition coefficient (Wildman–Crippen LogP) is 1.95. The van der Waals surface area contributed by atoms with Crippen LogP contribution in [0.25, 0.3) is 17.1 Å². The number of fused-ring (bicyclic) bond motifs is 1. The maximum atomic E-state index is 12.4. The molecule has 0 radical (unpaired) electrons. The number of imidazole rings is 1. The normalized spacial score (nSPS) is 16.6. The number of nitrogens with zero attached hydrogens (tertiary/aromatic N) is 3. The lowest BCUT2D eigenvalue weighted by Crippen LogP contribution is -2.29. The van der Waals surface area contributed by atoms with E-state index in [1.807, 2.05) is 18.2 Å². The van der Waals surface area contributed by atoms with E-state index in [-0.39, 0.29) is 16.8 Å². The standard InChI is InChI=1S/C17H19N3O4S/c1-18-12-6-5-11(9-13(12)19(2)16(18)22)10-14-15(21)20(17(23)25-14)7-4-8-24-3/h5-6,9-10H,4,7-8H2,1-3H3/b14-10+. The zero-order chi connectivity index (χ0) is 18.1. The minimum absolute atomic E-state index is 0.106. The van der Waals surface area contributed by atoms with Gasteiger partial charge in [0, 0.05) is 34.4 Å². The molecule has 2 amide bonds. The Balaban J connectivity index is 1.89. The van der Waals surface area contributed by atoms with Crippen molar-refractivity contribution in [2.24, 2.45) is 14.1 Å². The van der Waals surface area contributed by atoms with Crippen molar-refractivity contribution < 1.29 is 14.3 Å². The van der Waals surface area contributed by atoms with Gasteiger partial charge < -0.3 is 4.74 Å². The number of aromatic nitrogens is 2. The van der Waals surface area contributed by atoms with Crippen LogP contribution in [0.2, 0.25) is 0 Å². The minimum atomic E-state index is -0.284. The zero-order valence-corrected chi connectivity index (χ0v) is 15.1. The summed E-state index contributed by atoms with van der Waals surface area (Å²) in [5.74, 6) is -0.284. The van der Waals surface area contributed by atoms with Crippen LogP contribution in [0, 0.1) is 0 Å². The monoisotopic (exact) mass is 361 g/mol. The van der Waals surface area contributed by atoms with Gasteiger partial charge in [0.2, 0.25) is 0 Å². The Morgan fingerprint density at radius 1 is 1.12 bits per heavy atom. The quantitative estimate of drug-likeness (QED) is 0.601. The van der Waals surface area contributed by atoms with E-state index in [0.717, 1.165) is 28.4 Å². The van der Waals surface area contributed by atoms with Crippen LogP contribution in [0.5, 0.6) is 0 Å². The molecule has 0 spiro atoms. The topological polar surface area (TPSA) is 73.5 Å². The fourth-order valence-electron chi connectivity index (χ4n) is 2.82. The Bertz CT molecular complexity index is 941. The Morgan fingerprint density at radius 2 is 1.84 bits per heavy atom. The average molecular weight is 361 g/mol. The van der Waals surface area contributed by atoms with Crippen LogP contribution in [-0.4, -0.2) is 45.4 Å². The van der Waals surface area contributed by atoms with E-state index in [1.165, 1.54) is 4.90 Å². The van der Waals surface area contributed by atoms with Crippen LogP contribution in [0.1, 0.15) is 12.0 Å². The lowest BCUT2D eigenvalue weighted by molar-refractivity contribution is -0.122. The van der Waals surface area contributed by atoms with Crippen LogP contribution < -0.4 is 5.69 Å². The number of methoxy groups -OCH3 is 1. The Labute approximate surface area is 148 Å². The van der Waals surface area contributed by atoms with E-state index >= 15 is 0 Å². The van der Waals surface area contributed by atoms with Gasteiger partial charge in [-0.05, 0) is 42.0 Å². The average Bonchev–Trinajstić information content (AvgIpc) is 2.98. The fraction of sp³-hybridized carbons (Fsp3) is 0.353. The van der Waals surface area contributed by atoms with E-state index in [0.29, 0.717) is 24.5 Å². The summed E-state index contributed by atoms with van der Waals surface area (Å²) in [4.78, 5) is 38.1. The van der Waals surface area contributed by atoms with Gasteiger partial charge in [-0.1, -0.05) is 6.07 Å². The maximum absolute atomic E-state index is 12.4. The van der Waals surface area contributed by atoms with Gasteiger partial charge >= 0.3 is 5.69 Å². The largest absolute Gasteiger partial charge is 0.385 e. The van der Waals surface area contributed by atoms with Crippen molar-refractivity contribution in [3.05, 3.63) is 39.2 Å². The van der Waals surface area contributed by atoms with Gasteiger partial charge in [0.05, 0.1) is 15.9 Å². The number of carbonyl (C=O) groups is 2. The number of hydrogen-bond acceptors (Lipinski definition) is 5. The highest BCUT2D eigenvalue weighted by Crippen LogP contribution is 2.32. The molecule has 25 heavy (non-hydrogen) atoms. The molecule has 1 aromatic heterocycles. The van der Waals surface area contributed by atoms with Crippen LogP contribution in [0.4, 0.5) is 4.79 Å². The van der Waals surface area contributed by atoms with Gasteiger partial charge in [-0.15, -0.1) is 0 Å². The molecule has 1 saturated heterocycles. The molecule has 3 rings (SSSR count). The molecule has 0 aliphatic carbocycles. The first-order chi connectivity index (χ1) is 11.9. The van der Waals surface area contributed by atoms with Gasteiger partial charge in [0.25, 0.3) is 11.1 Å². The molecule has 7 nitrogen and oxygen atoms in total. The lowest BCUT2D eigenvalue weighted by Gasteiger charge is -2.11. The third-order valence-electron chi connectivity index (χ3n) is 4.20. The highest BCUT2D eigenvalue weighted by molar-refractivity contribution is 8.18. The van der Waals surface area contributed by atoms with E-state index in [2.05, 4.69) is 0 Å². The van der Waals surface area contributed by atoms with Gasteiger partial charge in [-0.3, -0.25) is 23.6 Å². The molecular weight excluding hydrogens is 342 g/mol. The summed E-state index contributed by atoms with van der Waals surface area (Å²) < 4.78 is 8.09. The Morgan fingerprint density at radius 3 is 2.56 bits per heavy atom. The molecule has 0 unspecified atom stereocenters. The molecule has 1 aromatic carbocycles. The highest BCUT2D eigenvalue weighted by atomic mass is 32.2. The summed E-state index contributed by atoms with van der Waals surface area (Å²) in [6.45, 7) is 0.849. The SMILES string of the molecule is COCCCN1C(=O)S/C(=C/c2ccc3c(c2)n(C)c(=O)n3C)C1=O. The molecular formula is C17H19N3O4S. The lowest BCUT2D eigenvalue weighted by atomic mass is 10.2. The zero-order valence-electron chi connectivity index (χ0n) is 14.3. The second-order valence-corrected chi connectivity index (χ2v) is 6.82. The molecule has 0 atom stereocenters. The third-order valence-corrected chi connectivity index (χ3v) is 5.10.